The fourth-order valence-electron chi connectivity index (χ4n) is 6.90. The molecule has 6 rings (SSSR count). The van der Waals surface area contributed by atoms with Crippen LogP contribution in [0.2, 0.25) is 0 Å². The van der Waals surface area contributed by atoms with E-state index in [1.807, 2.05) is 6.92 Å². The van der Waals surface area contributed by atoms with Crippen LogP contribution in [-0.4, -0.2) is 28.1 Å². The van der Waals surface area contributed by atoms with Gasteiger partial charge in [-0.1, -0.05) is 18.5 Å². The number of aliphatic hydroxyl groups excluding tert-OH is 1. The van der Waals surface area contributed by atoms with E-state index in [2.05, 4.69) is 15.8 Å². The van der Waals surface area contributed by atoms with Crippen LogP contribution >= 0.6 is 0 Å². The molecule has 0 radical (unpaired) electrons. The van der Waals surface area contributed by atoms with Crippen molar-refractivity contribution in [3.05, 3.63) is 47.2 Å². The van der Waals surface area contributed by atoms with Gasteiger partial charge in [0, 0.05) is 17.5 Å². The zero-order valence-corrected chi connectivity index (χ0v) is 19.7. The fraction of sp³-hybridized carbons (Fsp3) is 0.577. The van der Waals surface area contributed by atoms with Crippen molar-refractivity contribution in [2.75, 3.05) is 5.32 Å². The number of nitrogens with zero attached hydrogens (tertiary/aromatic N) is 1. The molecule has 1 aromatic heterocycles. The molecule has 2 unspecified atom stereocenters. The van der Waals surface area contributed by atoms with E-state index in [0.717, 1.165) is 54.9 Å². The van der Waals surface area contributed by atoms with Gasteiger partial charge in [-0.3, -0.25) is 9.59 Å². The number of aromatic nitrogens is 1. The number of carbonyl (C=O) groups excluding carboxylic acids is 2. The number of amides is 2. The number of hydrogen-bond donors (Lipinski definition) is 3. The van der Waals surface area contributed by atoms with Crippen molar-refractivity contribution >= 4 is 17.6 Å². The second kappa shape index (κ2) is 9.33. The van der Waals surface area contributed by atoms with Gasteiger partial charge in [0.1, 0.15) is 23.4 Å². The normalized spacial score (nSPS) is 28.5. The zero-order chi connectivity index (χ0) is 24.7. The average Bonchev–Trinajstić information content (AvgIpc) is 3.26. The first kappa shape index (κ1) is 23.9. The summed E-state index contributed by atoms with van der Waals surface area (Å²) in [6, 6.07) is 3.25. The summed E-state index contributed by atoms with van der Waals surface area (Å²) in [5.41, 5.74) is -0.223. The lowest BCUT2D eigenvalue weighted by Crippen LogP contribution is -2.48. The smallest absolute Gasteiger partial charge is 0.254 e. The minimum atomic E-state index is -1.82. The van der Waals surface area contributed by atoms with Crippen molar-refractivity contribution in [1.82, 2.24) is 10.5 Å². The molecule has 1 aromatic carbocycles. The summed E-state index contributed by atoms with van der Waals surface area (Å²) in [5.74, 6) is 0.118. The summed E-state index contributed by atoms with van der Waals surface area (Å²) < 4.78 is 32.7. The number of halogens is 2. The second-order valence-electron chi connectivity index (χ2n) is 10.7. The molecular weight excluding hydrogens is 456 g/mol. The Bertz CT molecular complexity index is 1060. The molecule has 9 heteroatoms. The van der Waals surface area contributed by atoms with E-state index < -0.39 is 35.6 Å². The maximum Gasteiger partial charge on any atom is 0.254 e. The molecule has 4 bridgehead atoms. The average molecular weight is 488 g/mol. The first-order valence-electron chi connectivity index (χ1n) is 12.5. The summed E-state index contributed by atoms with van der Waals surface area (Å²) >= 11 is 0. The fourth-order valence-corrected chi connectivity index (χ4v) is 6.90. The van der Waals surface area contributed by atoms with Gasteiger partial charge in [0.25, 0.3) is 5.91 Å². The number of aliphatic hydroxyl groups is 1. The zero-order valence-electron chi connectivity index (χ0n) is 19.7. The molecule has 1 heterocycles. The minimum absolute atomic E-state index is 0.00606. The van der Waals surface area contributed by atoms with Gasteiger partial charge in [-0.2, -0.15) is 0 Å². The van der Waals surface area contributed by atoms with Crippen molar-refractivity contribution in [2.45, 2.75) is 75.9 Å². The van der Waals surface area contributed by atoms with E-state index in [1.165, 1.54) is 19.3 Å². The van der Waals surface area contributed by atoms with Crippen molar-refractivity contribution < 1.29 is 28.0 Å². The van der Waals surface area contributed by atoms with Gasteiger partial charge in [-0.25, -0.2) is 8.78 Å². The molecule has 7 nitrogen and oxygen atoms in total. The van der Waals surface area contributed by atoms with Crippen molar-refractivity contribution in [3.8, 4) is 0 Å². The summed E-state index contributed by atoms with van der Waals surface area (Å²) in [5, 5.41) is 19.6. The molecule has 4 aliphatic carbocycles. The van der Waals surface area contributed by atoms with Crippen LogP contribution in [0.5, 0.6) is 0 Å². The number of anilines is 1. The highest BCUT2D eigenvalue weighted by molar-refractivity contribution is 5.97. The van der Waals surface area contributed by atoms with E-state index in [4.69, 9.17) is 4.52 Å². The van der Waals surface area contributed by atoms with E-state index in [-0.39, 0.29) is 11.0 Å². The van der Waals surface area contributed by atoms with Crippen LogP contribution in [0.4, 0.5) is 14.6 Å². The van der Waals surface area contributed by atoms with Crippen LogP contribution in [0.3, 0.4) is 0 Å². The molecule has 2 atom stereocenters. The summed E-state index contributed by atoms with van der Waals surface area (Å²) in [6.45, 7) is 1.85. The van der Waals surface area contributed by atoms with Crippen LogP contribution < -0.4 is 10.6 Å². The number of rotatable bonds is 8. The predicted octanol–water partition coefficient (Wildman–Crippen LogP) is 4.38. The molecule has 0 aliphatic heterocycles. The van der Waals surface area contributed by atoms with E-state index >= 15 is 0 Å². The largest absolute Gasteiger partial charge is 0.378 e. The Hall–Kier alpha value is -2.81. The maximum absolute atomic E-state index is 13.5. The molecule has 2 aromatic rings. The lowest BCUT2D eigenvalue weighted by molar-refractivity contribution is -0.133. The van der Waals surface area contributed by atoms with Gasteiger partial charge in [-0.05, 0) is 80.4 Å². The Morgan fingerprint density at radius 3 is 2.23 bits per heavy atom. The highest BCUT2D eigenvalue weighted by atomic mass is 19.1. The standard InChI is InChI=1S/C26H31F2N3O4/c1-2-3-20(29-25(34)23(32)17-7-18(27)9-19(28)8-17)24(33)30-22-10-21(35-31-22)26-11-14-4-15(12-26)6-16(5-14)13-26/h7-10,14-16,20,23,32H,2-6,11-13H2,1H3,(H,29,34)(H,30,31,33). The number of nitrogens with one attached hydrogen (secondary N) is 2. The topological polar surface area (TPSA) is 104 Å². The Kier molecular flexibility index (Phi) is 6.38. The van der Waals surface area contributed by atoms with Gasteiger partial charge in [-0.15, -0.1) is 0 Å². The van der Waals surface area contributed by atoms with Crippen molar-refractivity contribution in [2.24, 2.45) is 17.8 Å². The quantitative estimate of drug-likeness (QED) is 0.513. The SMILES string of the molecule is CCCC(NC(=O)C(O)c1cc(F)cc(F)c1)C(=O)Nc1cc(C23CC4CC(CC(C4)C2)C3)on1. The molecule has 35 heavy (non-hydrogen) atoms. The monoisotopic (exact) mass is 487 g/mol. The molecule has 2 amide bonds. The lowest BCUT2D eigenvalue weighted by Gasteiger charge is -2.55. The molecular formula is C26H31F2N3O4. The molecule has 4 saturated carbocycles. The predicted molar refractivity (Wildman–Crippen MR) is 123 cm³/mol. The number of benzene rings is 1. The van der Waals surface area contributed by atoms with Gasteiger partial charge in [0.15, 0.2) is 11.9 Å². The minimum Gasteiger partial charge on any atom is -0.378 e. The van der Waals surface area contributed by atoms with Crippen LogP contribution in [0.15, 0.2) is 28.8 Å². The Morgan fingerprint density at radius 2 is 1.66 bits per heavy atom. The summed E-state index contributed by atoms with van der Waals surface area (Å²) in [7, 11) is 0. The summed E-state index contributed by atoms with van der Waals surface area (Å²) in [6.07, 6.45) is 6.32. The first-order chi connectivity index (χ1) is 16.7. The molecule has 3 N–H and O–H groups in total. The molecule has 4 fully saturated rings. The van der Waals surface area contributed by atoms with Gasteiger partial charge >= 0.3 is 0 Å². The highest BCUT2D eigenvalue weighted by Gasteiger charge is 2.53. The second-order valence-corrected chi connectivity index (χ2v) is 10.7. The number of hydrogen-bond acceptors (Lipinski definition) is 5. The maximum atomic E-state index is 13.5. The first-order valence-corrected chi connectivity index (χ1v) is 12.5. The van der Waals surface area contributed by atoms with Gasteiger partial charge < -0.3 is 20.3 Å². The van der Waals surface area contributed by atoms with Crippen LogP contribution in [0.1, 0.15) is 75.7 Å². The van der Waals surface area contributed by atoms with E-state index in [9.17, 15) is 23.5 Å². The van der Waals surface area contributed by atoms with Gasteiger partial charge in [0.2, 0.25) is 5.91 Å². The van der Waals surface area contributed by atoms with E-state index in [0.29, 0.717) is 24.7 Å². The van der Waals surface area contributed by atoms with Crippen LogP contribution in [-0.2, 0) is 15.0 Å². The lowest BCUT2D eigenvalue weighted by atomic mass is 9.49. The van der Waals surface area contributed by atoms with Crippen LogP contribution in [0.25, 0.3) is 0 Å². The van der Waals surface area contributed by atoms with E-state index in [1.54, 1.807) is 6.07 Å². The van der Waals surface area contributed by atoms with Crippen LogP contribution in [0, 0.1) is 29.4 Å². The van der Waals surface area contributed by atoms with Gasteiger partial charge in [0.05, 0.1) is 0 Å². The van der Waals surface area contributed by atoms with Crippen molar-refractivity contribution in [3.63, 3.8) is 0 Å². The molecule has 0 saturated heterocycles. The number of carbonyl (C=O) groups is 2. The summed E-state index contributed by atoms with van der Waals surface area (Å²) in [4.78, 5) is 25.5. The molecule has 4 aliphatic rings. The Morgan fingerprint density at radius 1 is 1.06 bits per heavy atom. The van der Waals surface area contributed by atoms with Crippen molar-refractivity contribution in [1.29, 1.82) is 0 Å². The highest BCUT2D eigenvalue weighted by Crippen LogP contribution is 2.60. The third kappa shape index (κ3) is 4.83. The Balaban J connectivity index is 1.25. The molecule has 0 spiro atoms. The molecule has 188 valence electrons. The Labute approximate surface area is 202 Å². The third-order valence-electron chi connectivity index (χ3n) is 7.98. The third-order valence-corrected chi connectivity index (χ3v) is 7.98.